The van der Waals surface area contributed by atoms with Gasteiger partial charge in [-0.1, -0.05) is 6.92 Å². The molecule has 0 saturated carbocycles. The molecule has 0 aliphatic heterocycles. The van der Waals surface area contributed by atoms with Gasteiger partial charge in [-0.3, -0.25) is 9.59 Å². The van der Waals surface area contributed by atoms with E-state index < -0.39 is 0 Å². The van der Waals surface area contributed by atoms with E-state index in [9.17, 15) is 9.59 Å². The Labute approximate surface area is 258 Å². The second-order valence-electron chi connectivity index (χ2n) is 9.66. The van der Waals surface area contributed by atoms with E-state index in [1.165, 1.54) is 13.8 Å². The summed E-state index contributed by atoms with van der Waals surface area (Å²) in [7, 11) is 0. The van der Waals surface area contributed by atoms with Crippen LogP contribution in [0.25, 0.3) is 0 Å². The molecule has 0 rings (SSSR count). The zero-order chi connectivity index (χ0) is 31.7. The van der Waals surface area contributed by atoms with Gasteiger partial charge < -0.3 is 52.1 Å². The highest BCUT2D eigenvalue weighted by Crippen LogP contribution is 2.24. The van der Waals surface area contributed by atoms with Crippen LogP contribution >= 0.6 is 0 Å². The highest BCUT2D eigenvalue weighted by molar-refractivity contribution is 5.66. The molecule has 1 unspecified atom stereocenters. The van der Waals surface area contributed by atoms with Crippen LogP contribution in [0.2, 0.25) is 0 Å². The Morgan fingerprint density at radius 2 is 0.744 bits per heavy atom. The summed E-state index contributed by atoms with van der Waals surface area (Å²) < 4.78 is 60.4. The molecular weight excluding hydrogens is 568 g/mol. The number of rotatable bonds is 34. The molecular formula is C30H58O13. The van der Waals surface area contributed by atoms with Crippen molar-refractivity contribution in [1.29, 1.82) is 0 Å². The van der Waals surface area contributed by atoms with Gasteiger partial charge in [-0.05, 0) is 19.8 Å². The molecule has 0 heterocycles. The first-order valence-corrected chi connectivity index (χ1v) is 15.4. The van der Waals surface area contributed by atoms with Crippen LogP contribution < -0.4 is 0 Å². The lowest BCUT2D eigenvalue weighted by Gasteiger charge is -2.32. The lowest BCUT2D eigenvalue weighted by molar-refractivity contribution is -0.143. The van der Waals surface area contributed by atoms with Crippen molar-refractivity contribution < 1.29 is 61.7 Å². The first-order valence-electron chi connectivity index (χ1n) is 15.4. The summed E-state index contributed by atoms with van der Waals surface area (Å²) in [6, 6.07) is 0. The number of carbonyl (C=O) groups is 2. The molecule has 0 fully saturated rings. The van der Waals surface area contributed by atoms with Crippen LogP contribution in [-0.4, -0.2) is 144 Å². The third kappa shape index (κ3) is 30.4. The summed E-state index contributed by atoms with van der Waals surface area (Å²) in [5.41, 5.74) is -0.313. The summed E-state index contributed by atoms with van der Waals surface area (Å²) in [6.07, 6.45) is 2.22. The van der Waals surface area contributed by atoms with Gasteiger partial charge in [0.1, 0.15) is 6.61 Å². The average Bonchev–Trinajstić information content (AvgIpc) is 2.98. The monoisotopic (exact) mass is 626 g/mol. The Bertz CT molecular complexity index is 583. The SMILES string of the molecule is CCOCCOCCOCC(CC)(COCCOCCCOCCOC(C)=O)COCCOCCOCCCOC(C)=O. The van der Waals surface area contributed by atoms with Gasteiger partial charge in [0.25, 0.3) is 0 Å². The van der Waals surface area contributed by atoms with Crippen LogP contribution in [-0.2, 0) is 61.7 Å². The van der Waals surface area contributed by atoms with Gasteiger partial charge in [-0.2, -0.15) is 0 Å². The van der Waals surface area contributed by atoms with Crippen LogP contribution in [0.1, 0.15) is 47.0 Å². The Balaban J connectivity index is 4.19. The molecule has 0 aromatic carbocycles. The quantitative estimate of drug-likeness (QED) is 0.0765. The fourth-order valence-electron chi connectivity index (χ4n) is 3.43. The molecule has 0 aliphatic carbocycles. The highest BCUT2D eigenvalue weighted by Gasteiger charge is 2.30. The van der Waals surface area contributed by atoms with Gasteiger partial charge in [0.05, 0.1) is 99.1 Å². The zero-order valence-electron chi connectivity index (χ0n) is 27.1. The molecule has 0 aromatic heterocycles. The van der Waals surface area contributed by atoms with Crippen molar-refractivity contribution in [2.75, 3.05) is 132 Å². The molecule has 256 valence electrons. The number of ether oxygens (including phenoxy) is 11. The van der Waals surface area contributed by atoms with Crippen LogP contribution in [0.4, 0.5) is 0 Å². The Hall–Kier alpha value is -1.42. The van der Waals surface area contributed by atoms with Crippen molar-refractivity contribution in [2.45, 2.75) is 47.0 Å². The van der Waals surface area contributed by atoms with Crippen LogP contribution in [0.3, 0.4) is 0 Å². The van der Waals surface area contributed by atoms with Crippen molar-refractivity contribution in [1.82, 2.24) is 0 Å². The number of hydrogen-bond donors (Lipinski definition) is 0. The van der Waals surface area contributed by atoms with E-state index in [2.05, 4.69) is 6.92 Å². The minimum Gasteiger partial charge on any atom is -0.466 e. The fourth-order valence-corrected chi connectivity index (χ4v) is 3.43. The van der Waals surface area contributed by atoms with Crippen LogP contribution in [0.15, 0.2) is 0 Å². The molecule has 0 aromatic rings. The summed E-state index contributed by atoms with van der Waals surface area (Å²) >= 11 is 0. The molecule has 0 aliphatic rings. The zero-order valence-corrected chi connectivity index (χ0v) is 27.1. The van der Waals surface area contributed by atoms with Gasteiger partial charge in [-0.15, -0.1) is 0 Å². The van der Waals surface area contributed by atoms with Crippen molar-refractivity contribution in [3.8, 4) is 0 Å². The molecule has 0 N–H and O–H groups in total. The fraction of sp³-hybridized carbons (Fsp3) is 0.933. The largest absolute Gasteiger partial charge is 0.466 e. The van der Waals surface area contributed by atoms with Gasteiger partial charge in [-0.25, -0.2) is 0 Å². The maximum Gasteiger partial charge on any atom is 0.302 e. The molecule has 0 saturated heterocycles. The van der Waals surface area contributed by atoms with E-state index in [0.717, 1.165) is 12.8 Å². The van der Waals surface area contributed by atoms with E-state index in [-0.39, 0.29) is 24.0 Å². The second-order valence-corrected chi connectivity index (χ2v) is 9.66. The summed E-state index contributed by atoms with van der Waals surface area (Å²) in [5, 5.41) is 0. The number of esters is 2. The minimum atomic E-state index is -0.313. The maximum absolute atomic E-state index is 10.7. The van der Waals surface area contributed by atoms with E-state index >= 15 is 0 Å². The van der Waals surface area contributed by atoms with E-state index in [1.54, 1.807) is 0 Å². The number of carbonyl (C=O) groups excluding carboxylic acids is 2. The van der Waals surface area contributed by atoms with Crippen molar-refractivity contribution in [3.63, 3.8) is 0 Å². The van der Waals surface area contributed by atoms with Gasteiger partial charge >= 0.3 is 11.9 Å². The topological polar surface area (TPSA) is 136 Å². The predicted octanol–water partition coefficient (Wildman–Crippen LogP) is 2.46. The smallest absolute Gasteiger partial charge is 0.302 e. The normalized spacial score (nSPS) is 12.7. The first kappa shape index (κ1) is 41.6. The average molecular weight is 627 g/mol. The second kappa shape index (κ2) is 32.0. The molecule has 13 nitrogen and oxygen atoms in total. The molecule has 0 radical (unpaired) electrons. The molecule has 43 heavy (non-hydrogen) atoms. The van der Waals surface area contributed by atoms with Crippen molar-refractivity contribution >= 4 is 11.9 Å². The van der Waals surface area contributed by atoms with Gasteiger partial charge in [0.15, 0.2) is 0 Å². The summed E-state index contributed by atoms with van der Waals surface area (Å²) in [4.78, 5) is 21.4. The standard InChI is InChI=1S/C30H58O13/c1-5-30(26-40-21-18-37-14-13-33-6-2,25-39-20-17-34-9-7-10-36-23-24-43-29(4)32)27-41-22-19-38-16-15-35-11-8-12-42-28(3)31/h5-27H2,1-4H3. The first-order chi connectivity index (χ1) is 21.0. The van der Waals surface area contributed by atoms with E-state index in [4.69, 9.17) is 52.1 Å². The molecule has 0 bridgehead atoms. The summed E-state index contributed by atoms with van der Waals surface area (Å²) in [5.74, 6) is -0.591. The predicted molar refractivity (Wildman–Crippen MR) is 158 cm³/mol. The number of hydrogen-bond acceptors (Lipinski definition) is 13. The van der Waals surface area contributed by atoms with Crippen molar-refractivity contribution in [2.24, 2.45) is 5.41 Å². The minimum absolute atomic E-state index is 0.265. The lowest BCUT2D eigenvalue weighted by atomic mass is 9.88. The molecule has 13 heteroatoms. The Morgan fingerprint density at radius 1 is 0.419 bits per heavy atom. The molecule has 0 spiro atoms. The van der Waals surface area contributed by atoms with E-state index in [1.807, 2.05) is 6.92 Å². The maximum atomic E-state index is 10.7. The Kier molecular flexibility index (Phi) is 30.9. The molecule has 1 atom stereocenters. The third-order valence-electron chi connectivity index (χ3n) is 5.89. The Morgan fingerprint density at radius 3 is 1.14 bits per heavy atom. The van der Waals surface area contributed by atoms with E-state index in [0.29, 0.717) is 132 Å². The van der Waals surface area contributed by atoms with Crippen LogP contribution in [0, 0.1) is 5.41 Å². The highest BCUT2D eigenvalue weighted by atomic mass is 16.6. The van der Waals surface area contributed by atoms with Crippen molar-refractivity contribution in [3.05, 3.63) is 0 Å². The van der Waals surface area contributed by atoms with Gasteiger partial charge in [0, 0.05) is 52.1 Å². The third-order valence-corrected chi connectivity index (χ3v) is 5.89. The van der Waals surface area contributed by atoms with Gasteiger partial charge in [0.2, 0.25) is 0 Å². The van der Waals surface area contributed by atoms with Crippen LogP contribution in [0.5, 0.6) is 0 Å². The molecule has 0 amide bonds. The summed E-state index contributed by atoms with van der Waals surface area (Å²) in [6.45, 7) is 16.4. The lowest BCUT2D eigenvalue weighted by Crippen LogP contribution is -2.38.